The summed E-state index contributed by atoms with van der Waals surface area (Å²) in [6.45, 7) is 2.69. The molecule has 0 bridgehead atoms. The lowest BCUT2D eigenvalue weighted by atomic mass is 9.96. The summed E-state index contributed by atoms with van der Waals surface area (Å²) in [4.78, 5) is 0. The zero-order valence-corrected chi connectivity index (χ0v) is 21.6. The zero-order chi connectivity index (χ0) is 30.8. The van der Waals surface area contributed by atoms with Gasteiger partial charge in [0.2, 0.25) is 0 Å². The molecule has 0 radical (unpaired) electrons. The molecule has 3 aromatic rings. The minimum Gasteiger partial charge on any atom is -0.489 e. The Morgan fingerprint density at radius 1 is 0.780 bits per heavy atom. The van der Waals surface area contributed by atoms with E-state index in [0.717, 1.165) is 22.8 Å². The van der Waals surface area contributed by atoms with Crippen LogP contribution in [-0.2, 0) is 19.0 Å². The molecule has 0 aliphatic rings. The molecule has 0 heterocycles. The van der Waals surface area contributed by atoms with Crippen molar-refractivity contribution >= 4 is 5.69 Å². The van der Waals surface area contributed by atoms with Gasteiger partial charge < -0.3 is 15.2 Å². The van der Waals surface area contributed by atoms with Crippen LogP contribution in [-0.4, -0.2) is 36.0 Å². The number of rotatable bonds is 10. The number of benzene rings is 3. The van der Waals surface area contributed by atoms with Gasteiger partial charge in [0, 0.05) is 29.8 Å². The van der Waals surface area contributed by atoms with Crippen molar-refractivity contribution in [2.45, 2.75) is 57.2 Å². The first kappa shape index (κ1) is 32.0. The molecular formula is C28H25F10NO2. The van der Waals surface area contributed by atoms with Gasteiger partial charge in [0.15, 0.2) is 6.10 Å². The standard InChI is InChI=1S/C28H25F10NO2/c1-16-9-17(2)11-19(10-16)15-41-23-8-4-7-22(39-14-24(40)26(31,32)33)21(23)13-18-5-3-6-20(12-18)25(29,30)27(34,35)28(36,37)38/h3-12,24,39-40H,13-15H2,1-2H3. The third-order valence-electron chi connectivity index (χ3n) is 6.09. The number of ether oxygens (including phenoxy) is 1. The number of alkyl halides is 10. The predicted octanol–water partition coefficient (Wildman–Crippen LogP) is 8.10. The van der Waals surface area contributed by atoms with Gasteiger partial charge in [-0.3, -0.25) is 0 Å². The lowest BCUT2D eigenvalue weighted by Gasteiger charge is -2.28. The van der Waals surface area contributed by atoms with E-state index < -0.39 is 48.8 Å². The molecule has 41 heavy (non-hydrogen) atoms. The average Bonchev–Trinajstić information content (AvgIpc) is 2.85. The first-order valence-corrected chi connectivity index (χ1v) is 12.0. The molecule has 224 valence electrons. The highest BCUT2D eigenvalue weighted by atomic mass is 19.4. The summed E-state index contributed by atoms with van der Waals surface area (Å²) in [7, 11) is 0. The molecule has 3 nitrogen and oxygen atoms in total. The van der Waals surface area contributed by atoms with Crippen LogP contribution in [0.2, 0.25) is 0 Å². The van der Waals surface area contributed by atoms with Gasteiger partial charge in [-0.25, -0.2) is 0 Å². The van der Waals surface area contributed by atoms with Crippen LogP contribution in [0, 0.1) is 13.8 Å². The Hall–Kier alpha value is -3.48. The van der Waals surface area contributed by atoms with Gasteiger partial charge in [0.05, 0.1) is 0 Å². The molecule has 0 saturated carbocycles. The number of aliphatic hydroxyl groups excluding tert-OH is 1. The summed E-state index contributed by atoms with van der Waals surface area (Å²) < 4.78 is 139. The third-order valence-corrected chi connectivity index (χ3v) is 6.09. The molecule has 0 fully saturated rings. The second-order valence-corrected chi connectivity index (χ2v) is 9.53. The highest BCUT2D eigenvalue weighted by Gasteiger charge is 2.73. The fourth-order valence-corrected chi connectivity index (χ4v) is 4.12. The van der Waals surface area contributed by atoms with E-state index in [-0.39, 0.29) is 29.2 Å². The third kappa shape index (κ3) is 7.43. The molecule has 13 heteroatoms. The lowest BCUT2D eigenvalue weighted by Crippen LogP contribution is -2.50. The van der Waals surface area contributed by atoms with Crippen LogP contribution in [0.5, 0.6) is 5.75 Å². The first-order valence-electron chi connectivity index (χ1n) is 12.0. The highest BCUT2D eigenvalue weighted by Crippen LogP contribution is 2.52. The summed E-state index contributed by atoms with van der Waals surface area (Å²) in [6.07, 6.45) is -14.7. The summed E-state index contributed by atoms with van der Waals surface area (Å²) >= 11 is 0. The fraction of sp³-hybridized carbons (Fsp3) is 0.357. The predicted molar refractivity (Wildman–Crippen MR) is 131 cm³/mol. The zero-order valence-electron chi connectivity index (χ0n) is 21.6. The lowest BCUT2D eigenvalue weighted by molar-refractivity contribution is -0.359. The molecule has 0 aliphatic heterocycles. The van der Waals surface area contributed by atoms with Crippen molar-refractivity contribution < 1.29 is 53.7 Å². The van der Waals surface area contributed by atoms with E-state index in [2.05, 4.69) is 5.32 Å². The molecule has 0 spiro atoms. The van der Waals surface area contributed by atoms with Gasteiger partial charge >= 0.3 is 24.2 Å². The summed E-state index contributed by atoms with van der Waals surface area (Å²) in [5, 5.41) is 11.8. The van der Waals surface area contributed by atoms with E-state index in [1.807, 2.05) is 32.0 Å². The van der Waals surface area contributed by atoms with Crippen LogP contribution in [0.3, 0.4) is 0 Å². The number of aryl methyl sites for hydroxylation is 2. The summed E-state index contributed by atoms with van der Waals surface area (Å²) in [6, 6.07) is 12.7. The Morgan fingerprint density at radius 2 is 1.39 bits per heavy atom. The van der Waals surface area contributed by atoms with E-state index in [9.17, 15) is 49.0 Å². The van der Waals surface area contributed by atoms with Gasteiger partial charge in [0.25, 0.3) is 0 Å². The maximum Gasteiger partial charge on any atom is 0.460 e. The number of aliphatic hydroxyl groups is 1. The Balaban J connectivity index is 2.00. The Labute approximate surface area is 228 Å². The van der Waals surface area contributed by atoms with Crippen molar-refractivity contribution in [3.05, 3.63) is 94.0 Å². The number of hydrogen-bond donors (Lipinski definition) is 2. The molecule has 0 saturated heterocycles. The molecule has 1 atom stereocenters. The van der Waals surface area contributed by atoms with E-state index in [0.29, 0.717) is 12.1 Å². The number of nitrogens with one attached hydrogen (secondary N) is 1. The first-order chi connectivity index (χ1) is 18.8. The second-order valence-electron chi connectivity index (χ2n) is 9.53. The molecule has 0 aliphatic carbocycles. The second kappa shape index (κ2) is 11.8. The SMILES string of the molecule is Cc1cc(C)cc(COc2cccc(NCC(O)C(F)(F)F)c2Cc2cccc(C(F)(F)C(F)(F)C(F)(F)F)c2)c1. The van der Waals surface area contributed by atoms with Crippen molar-refractivity contribution in [2.75, 3.05) is 11.9 Å². The maximum absolute atomic E-state index is 14.4. The van der Waals surface area contributed by atoms with Crippen molar-refractivity contribution in [3.63, 3.8) is 0 Å². The Morgan fingerprint density at radius 3 is 1.98 bits per heavy atom. The molecule has 1 unspecified atom stereocenters. The van der Waals surface area contributed by atoms with Crippen molar-refractivity contribution in [2.24, 2.45) is 0 Å². The molecule has 0 amide bonds. The van der Waals surface area contributed by atoms with E-state index in [4.69, 9.17) is 4.74 Å². The number of halogens is 10. The maximum atomic E-state index is 14.4. The van der Waals surface area contributed by atoms with Gasteiger partial charge in [0.1, 0.15) is 12.4 Å². The quantitative estimate of drug-likeness (QED) is 0.232. The summed E-state index contributed by atoms with van der Waals surface area (Å²) in [5.41, 5.74) is 0.908. The van der Waals surface area contributed by atoms with E-state index in [1.165, 1.54) is 24.3 Å². The largest absolute Gasteiger partial charge is 0.489 e. The van der Waals surface area contributed by atoms with Crippen LogP contribution >= 0.6 is 0 Å². The van der Waals surface area contributed by atoms with Crippen LogP contribution in [0.4, 0.5) is 49.6 Å². The van der Waals surface area contributed by atoms with Crippen LogP contribution in [0.1, 0.15) is 33.4 Å². The van der Waals surface area contributed by atoms with Crippen molar-refractivity contribution in [1.82, 2.24) is 0 Å². The average molecular weight is 597 g/mol. The van der Waals surface area contributed by atoms with E-state index in [1.54, 1.807) is 0 Å². The van der Waals surface area contributed by atoms with Gasteiger partial charge in [-0.1, -0.05) is 53.6 Å². The normalized spacial score (nSPS) is 13.7. The van der Waals surface area contributed by atoms with Gasteiger partial charge in [-0.2, -0.15) is 43.9 Å². The molecular weight excluding hydrogens is 572 g/mol. The molecule has 3 rings (SSSR count). The van der Waals surface area contributed by atoms with E-state index >= 15 is 0 Å². The monoisotopic (exact) mass is 597 g/mol. The Kier molecular flexibility index (Phi) is 9.21. The topological polar surface area (TPSA) is 41.5 Å². The fourth-order valence-electron chi connectivity index (χ4n) is 4.12. The van der Waals surface area contributed by atoms with Crippen LogP contribution in [0.15, 0.2) is 60.7 Å². The minimum atomic E-state index is -6.53. The van der Waals surface area contributed by atoms with Gasteiger partial charge in [-0.15, -0.1) is 0 Å². The summed E-state index contributed by atoms with van der Waals surface area (Å²) in [5.74, 6) is -11.9. The van der Waals surface area contributed by atoms with Gasteiger partial charge in [-0.05, 0) is 43.2 Å². The smallest absolute Gasteiger partial charge is 0.460 e. The highest BCUT2D eigenvalue weighted by molar-refractivity contribution is 5.59. The molecule has 2 N–H and O–H groups in total. The Bertz CT molecular complexity index is 1330. The van der Waals surface area contributed by atoms with Crippen LogP contribution in [0.25, 0.3) is 0 Å². The molecule has 3 aromatic carbocycles. The number of anilines is 1. The molecule has 0 aromatic heterocycles. The van der Waals surface area contributed by atoms with Crippen LogP contribution < -0.4 is 10.1 Å². The van der Waals surface area contributed by atoms with Crippen molar-refractivity contribution in [1.29, 1.82) is 0 Å². The van der Waals surface area contributed by atoms with Crippen molar-refractivity contribution in [3.8, 4) is 5.75 Å². The number of hydrogen-bond acceptors (Lipinski definition) is 3. The minimum absolute atomic E-state index is 0.0102.